The van der Waals surface area contributed by atoms with Gasteiger partial charge in [-0.2, -0.15) is 0 Å². The zero-order valence-electron chi connectivity index (χ0n) is 11.2. The molecule has 1 saturated carbocycles. The molecule has 2 N–H and O–H groups in total. The largest absolute Gasteiger partial charge is 0.273 e. The Kier molecular flexibility index (Phi) is 3.92. The van der Waals surface area contributed by atoms with E-state index in [4.69, 9.17) is 0 Å². The lowest BCUT2D eigenvalue weighted by molar-refractivity contribution is -0.129. The highest BCUT2D eigenvalue weighted by molar-refractivity contribution is 7.13. The van der Waals surface area contributed by atoms with Crippen LogP contribution < -0.4 is 10.9 Å². The summed E-state index contributed by atoms with van der Waals surface area (Å²) in [6.07, 6.45) is 5.39. The van der Waals surface area contributed by atoms with Crippen molar-refractivity contribution >= 4 is 23.2 Å². The lowest BCUT2D eigenvalue weighted by Crippen LogP contribution is -2.43. The summed E-state index contributed by atoms with van der Waals surface area (Å²) in [7, 11) is 0. The summed E-state index contributed by atoms with van der Waals surface area (Å²) in [6, 6.07) is 3.77. The number of thiazole rings is 1. The molecule has 1 aliphatic rings. The fourth-order valence-electron chi connectivity index (χ4n) is 1.80. The third-order valence-corrected chi connectivity index (χ3v) is 4.02. The van der Waals surface area contributed by atoms with E-state index in [0.717, 1.165) is 23.4 Å². The highest BCUT2D eigenvalue weighted by atomic mass is 32.1. The van der Waals surface area contributed by atoms with Gasteiger partial charge in [-0.1, -0.05) is 0 Å². The minimum Gasteiger partial charge on any atom is -0.273 e. The van der Waals surface area contributed by atoms with Gasteiger partial charge in [0.25, 0.3) is 0 Å². The summed E-state index contributed by atoms with van der Waals surface area (Å²) in [5, 5.41) is 2.66. The van der Waals surface area contributed by atoms with Gasteiger partial charge in [-0.15, -0.1) is 11.3 Å². The molecule has 1 fully saturated rings. The number of amides is 2. The van der Waals surface area contributed by atoms with Crippen molar-refractivity contribution in [2.24, 2.45) is 5.92 Å². The molecule has 0 spiro atoms. The minimum absolute atomic E-state index is 0.0711. The highest BCUT2D eigenvalue weighted by Crippen LogP contribution is 2.28. The summed E-state index contributed by atoms with van der Waals surface area (Å²) in [5.74, 6) is -0.313. The van der Waals surface area contributed by atoms with Gasteiger partial charge in [0.15, 0.2) is 0 Å². The average molecular weight is 302 g/mol. The SMILES string of the molecule is O=C(Cc1csc(-c2cccnc2)n1)NNC(=O)C1CC1. The van der Waals surface area contributed by atoms with Crippen LogP contribution in [0.1, 0.15) is 18.5 Å². The van der Waals surface area contributed by atoms with Crippen LogP contribution in [0.15, 0.2) is 29.9 Å². The Labute approximate surface area is 125 Å². The first kappa shape index (κ1) is 13.7. The predicted octanol–water partition coefficient (Wildman–Crippen LogP) is 1.30. The maximum Gasteiger partial charge on any atom is 0.244 e. The maximum atomic E-state index is 11.7. The van der Waals surface area contributed by atoms with Crippen LogP contribution in [0.4, 0.5) is 0 Å². The molecular weight excluding hydrogens is 288 g/mol. The number of rotatable bonds is 4. The van der Waals surface area contributed by atoms with E-state index in [0.29, 0.717) is 5.69 Å². The van der Waals surface area contributed by atoms with E-state index < -0.39 is 0 Å². The topological polar surface area (TPSA) is 84.0 Å². The number of hydrogen-bond acceptors (Lipinski definition) is 5. The Morgan fingerprint density at radius 3 is 2.90 bits per heavy atom. The van der Waals surface area contributed by atoms with Crippen molar-refractivity contribution in [2.75, 3.05) is 0 Å². The first-order valence-corrected chi connectivity index (χ1v) is 7.54. The molecular formula is C14H14N4O2S. The summed E-state index contributed by atoms with van der Waals surface area (Å²) >= 11 is 1.47. The molecule has 3 rings (SSSR count). The van der Waals surface area contributed by atoms with Crippen molar-refractivity contribution in [3.63, 3.8) is 0 Å². The maximum absolute atomic E-state index is 11.7. The summed E-state index contributed by atoms with van der Waals surface area (Å²) in [5.41, 5.74) is 6.45. The van der Waals surface area contributed by atoms with Crippen molar-refractivity contribution in [3.8, 4) is 10.6 Å². The number of carbonyl (C=O) groups is 2. The van der Waals surface area contributed by atoms with E-state index in [2.05, 4.69) is 20.8 Å². The Balaban J connectivity index is 1.54. The molecule has 21 heavy (non-hydrogen) atoms. The normalized spacial score (nSPS) is 13.7. The number of nitrogens with zero attached hydrogens (tertiary/aromatic N) is 2. The Bertz CT molecular complexity index is 652. The second kappa shape index (κ2) is 6.01. The van der Waals surface area contributed by atoms with Crippen LogP contribution in [0, 0.1) is 5.92 Å². The smallest absolute Gasteiger partial charge is 0.244 e. The fraction of sp³-hybridized carbons (Fsp3) is 0.286. The van der Waals surface area contributed by atoms with Crippen molar-refractivity contribution in [3.05, 3.63) is 35.6 Å². The van der Waals surface area contributed by atoms with Gasteiger partial charge in [0.05, 0.1) is 12.1 Å². The number of carbonyl (C=O) groups excluding carboxylic acids is 2. The summed E-state index contributed by atoms with van der Waals surface area (Å²) in [4.78, 5) is 31.6. The van der Waals surface area contributed by atoms with Crippen LogP contribution in [-0.2, 0) is 16.0 Å². The highest BCUT2D eigenvalue weighted by Gasteiger charge is 2.29. The molecule has 0 aromatic carbocycles. The monoisotopic (exact) mass is 302 g/mol. The Morgan fingerprint density at radius 2 is 2.19 bits per heavy atom. The number of nitrogens with one attached hydrogen (secondary N) is 2. The fourth-order valence-corrected chi connectivity index (χ4v) is 2.61. The quantitative estimate of drug-likeness (QED) is 0.834. The van der Waals surface area contributed by atoms with E-state index in [1.807, 2.05) is 17.5 Å². The van der Waals surface area contributed by atoms with E-state index in [9.17, 15) is 9.59 Å². The zero-order valence-corrected chi connectivity index (χ0v) is 12.0. The molecule has 0 saturated heterocycles. The molecule has 0 atom stereocenters. The summed E-state index contributed by atoms with van der Waals surface area (Å²) < 4.78 is 0. The molecule has 0 aliphatic heterocycles. The molecule has 0 bridgehead atoms. The average Bonchev–Trinajstić information content (AvgIpc) is 3.26. The Hall–Kier alpha value is -2.28. The van der Waals surface area contributed by atoms with Gasteiger partial charge in [-0.25, -0.2) is 4.98 Å². The molecule has 2 aromatic heterocycles. The zero-order chi connectivity index (χ0) is 14.7. The number of hydrazine groups is 1. The second-order valence-electron chi connectivity index (χ2n) is 4.87. The van der Waals surface area contributed by atoms with Gasteiger partial charge < -0.3 is 0 Å². The number of hydrogen-bond donors (Lipinski definition) is 2. The lowest BCUT2D eigenvalue weighted by atomic mass is 10.3. The van der Waals surface area contributed by atoms with E-state index in [1.165, 1.54) is 11.3 Å². The molecule has 1 aliphatic carbocycles. The van der Waals surface area contributed by atoms with E-state index >= 15 is 0 Å². The van der Waals surface area contributed by atoms with Crippen LogP contribution in [-0.4, -0.2) is 21.8 Å². The molecule has 0 unspecified atom stereocenters. The van der Waals surface area contributed by atoms with Crippen LogP contribution >= 0.6 is 11.3 Å². The molecule has 7 heteroatoms. The van der Waals surface area contributed by atoms with Crippen molar-refractivity contribution < 1.29 is 9.59 Å². The first-order valence-electron chi connectivity index (χ1n) is 6.66. The van der Waals surface area contributed by atoms with Crippen molar-refractivity contribution in [1.82, 2.24) is 20.8 Å². The van der Waals surface area contributed by atoms with Crippen molar-refractivity contribution in [2.45, 2.75) is 19.3 Å². The lowest BCUT2D eigenvalue weighted by Gasteiger charge is -2.05. The first-order chi connectivity index (χ1) is 10.2. The van der Waals surface area contributed by atoms with Gasteiger partial charge in [0, 0.05) is 29.3 Å². The van der Waals surface area contributed by atoms with Gasteiger partial charge in [-0.05, 0) is 25.0 Å². The van der Waals surface area contributed by atoms with Crippen LogP contribution in [0.2, 0.25) is 0 Å². The van der Waals surface area contributed by atoms with Gasteiger partial charge >= 0.3 is 0 Å². The minimum atomic E-state index is -0.271. The standard InChI is InChI=1S/C14H14N4O2S/c19-12(17-18-13(20)9-3-4-9)6-11-8-21-14(16-11)10-2-1-5-15-7-10/h1-2,5,7-9H,3-4,6H2,(H,17,19)(H,18,20). The Morgan fingerprint density at radius 1 is 1.33 bits per heavy atom. The third kappa shape index (κ3) is 3.63. The summed E-state index contributed by atoms with van der Waals surface area (Å²) in [6.45, 7) is 0. The van der Waals surface area contributed by atoms with Crippen LogP contribution in [0.25, 0.3) is 10.6 Å². The molecule has 6 nitrogen and oxygen atoms in total. The molecule has 108 valence electrons. The molecule has 2 amide bonds. The third-order valence-electron chi connectivity index (χ3n) is 3.08. The van der Waals surface area contributed by atoms with Crippen molar-refractivity contribution in [1.29, 1.82) is 0 Å². The number of pyridine rings is 1. The van der Waals surface area contributed by atoms with Gasteiger partial charge in [0.2, 0.25) is 11.8 Å². The van der Waals surface area contributed by atoms with Crippen LogP contribution in [0.5, 0.6) is 0 Å². The molecule has 2 heterocycles. The van der Waals surface area contributed by atoms with Crippen LogP contribution in [0.3, 0.4) is 0 Å². The van der Waals surface area contributed by atoms with E-state index in [1.54, 1.807) is 12.4 Å². The van der Waals surface area contributed by atoms with E-state index in [-0.39, 0.29) is 24.2 Å². The van der Waals surface area contributed by atoms with Gasteiger partial charge in [-0.3, -0.25) is 25.4 Å². The number of aromatic nitrogens is 2. The second-order valence-corrected chi connectivity index (χ2v) is 5.73. The predicted molar refractivity (Wildman–Crippen MR) is 78.1 cm³/mol. The molecule has 0 radical (unpaired) electrons. The van der Waals surface area contributed by atoms with Gasteiger partial charge in [0.1, 0.15) is 5.01 Å². The molecule has 2 aromatic rings.